The molecule has 0 spiro atoms. The maximum atomic E-state index is 13.1. The lowest BCUT2D eigenvalue weighted by molar-refractivity contribution is -0.384. The summed E-state index contributed by atoms with van der Waals surface area (Å²) in [5.74, 6) is -2.01. The van der Waals surface area contributed by atoms with E-state index in [0.29, 0.717) is 16.2 Å². The highest BCUT2D eigenvalue weighted by molar-refractivity contribution is 6.39. The van der Waals surface area contributed by atoms with Gasteiger partial charge in [-0.25, -0.2) is 9.69 Å². The Morgan fingerprint density at radius 3 is 2.47 bits per heavy atom. The van der Waals surface area contributed by atoms with Crippen molar-refractivity contribution >= 4 is 46.9 Å². The van der Waals surface area contributed by atoms with Gasteiger partial charge in [0.2, 0.25) is 0 Å². The van der Waals surface area contributed by atoms with Crippen molar-refractivity contribution in [1.82, 2.24) is 5.32 Å². The summed E-state index contributed by atoms with van der Waals surface area (Å²) >= 11 is 0. The number of hydrogen-bond donors (Lipinski definition) is 2. The molecule has 1 heterocycles. The Kier molecular flexibility index (Phi) is 7.28. The molecule has 192 valence electrons. The molecule has 5 amide bonds. The van der Waals surface area contributed by atoms with Crippen LogP contribution in [0.5, 0.6) is 5.75 Å². The zero-order valence-corrected chi connectivity index (χ0v) is 20.4. The van der Waals surface area contributed by atoms with E-state index in [2.05, 4.69) is 10.6 Å². The zero-order valence-electron chi connectivity index (χ0n) is 20.4. The summed E-state index contributed by atoms with van der Waals surface area (Å²) in [6, 6.07) is 15.9. The average molecular weight is 514 g/mol. The number of carbonyl (C=O) groups is 4. The number of benzene rings is 3. The lowest BCUT2D eigenvalue weighted by atomic mass is 10.1. The molecule has 0 radical (unpaired) electrons. The van der Waals surface area contributed by atoms with Crippen LogP contribution < -0.4 is 20.3 Å². The second-order valence-electron chi connectivity index (χ2n) is 8.42. The molecule has 0 atom stereocenters. The van der Waals surface area contributed by atoms with Crippen LogP contribution >= 0.6 is 0 Å². The number of non-ortho nitro benzene ring substituents is 1. The van der Waals surface area contributed by atoms with E-state index in [9.17, 15) is 29.3 Å². The maximum absolute atomic E-state index is 13.1. The number of para-hydroxylation sites is 1. The summed E-state index contributed by atoms with van der Waals surface area (Å²) in [7, 11) is 0. The highest BCUT2D eigenvalue weighted by atomic mass is 16.6. The number of barbiturate groups is 1. The van der Waals surface area contributed by atoms with Crippen LogP contribution in [-0.2, 0) is 14.4 Å². The summed E-state index contributed by atoms with van der Waals surface area (Å²) in [4.78, 5) is 61.6. The second kappa shape index (κ2) is 10.7. The molecule has 2 N–H and O–H groups in total. The van der Waals surface area contributed by atoms with Gasteiger partial charge in [0.25, 0.3) is 23.4 Å². The fraction of sp³-hybridized carbons (Fsp3) is 0.111. The van der Waals surface area contributed by atoms with Crippen molar-refractivity contribution in [3.8, 4) is 5.75 Å². The molecule has 1 fully saturated rings. The fourth-order valence-corrected chi connectivity index (χ4v) is 3.70. The summed E-state index contributed by atoms with van der Waals surface area (Å²) in [5.41, 5.74) is 2.32. The third kappa shape index (κ3) is 5.57. The molecule has 11 heteroatoms. The summed E-state index contributed by atoms with van der Waals surface area (Å²) in [6.07, 6.45) is 1.25. The number of ether oxygens (including phenoxy) is 1. The van der Waals surface area contributed by atoms with Crippen molar-refractivity contribution in [3.05, 3.63) is 99.1 Å². The SMILES string of the molecule is Cc1ccc(C)c(NC(=O)COc2ccccc2/C=C2/C(=O)NC(=O)N(c3ccc([N+](=O)[O-])cc3)C2=O)c1. The van der Waals surface area contributed by atoms with Crippen LogP contribution in [-0.4, -0.2) is 35.3 Å². The zero-order chi connectivity index (χ0) is 27.4. The first-order valence-corrected chi connectivity index (χ1v) is 11.4. The van der Waals surface area contributed by atoms with Crippen LogP contribution in [0.15, 0.2) is 72.3 Å². The van der Waals surface area contributed by atoms with Gasteiger partial charge >= 0.3 is 6.03 Å². The Morgan fingerprint density at radius 2 is 1.76 bits per heavy atom. The van der Waals surface area contributed by atoms with Gasteiger partial charge in [-0.15, -0.1) is 0 Å². The van der Waals surface area contributed by atoms with E-state index < -0.39 is 28.7 Å². The summed E-state index contributed by atoms with van der Waals surface area (Å²) in [5, 5.41) is 15.8. The van der Waals surface area contributed by atoms with Gasteiger partial charge < -0.3 is 10.1 Å². The number of urea groups is 1. The molecule has 0 bridgehead atoms. The number of nitro groups is 1. The molecule has 11 nitrogen and oxygen atoms in total. The topological polar surface area (TPSA) is 148 Å². The van der Waals surface area contributed by atoms with Crippen molar-refractivity contribution in [1.29, 1.82) is 0 Å². The molecule has 0 unspecified atom stereocenters. The Morgan fingerprint density at radius 1 is 1.05 bits per heavy atom. The van der Waals surface area contributed by atoms with E-state index in [4.69, 9.17) is 4.74 Å². The van der Waals surface area contributed by atoms with Crippen molar-refractivity contribution in [2.75, 3.05) is 16.8 Å². The largest absolute Gasteiger partial charge is 0.483 e. The first-order valence-electron chi connectivity index (χ1n) is 11.4. The van der Waals surface area contributed by atoms with Crippen molar-refractivity contribution in [2.24, 2.45) is 0 Å². The van der Waals surface area contributed by atoms with Crippen LogP contribution in [0.25, 0.3) is 6.08 Å². The highest BCUT2D eigenvalue weighted by Gasteiger charge is 2.37. The van der Waals surface area contributed by atoms with Gasteiger partial charge in [0.1, 0.15) is 11.3 Å². The predicted molar refractivity (Wildman–Crippen MR) is 139 cm³/mol. The Balaban J connectivity index is 1.55. The smallest absolute Gasteiger partial charge is 0.335 e. The monoisotopic (exact) mass is 514 g/mol. The van der Waals surface area contributed by atoms with Gasteiger partial charge in [-0.1, -0.05) is 30.3 Å². The Bertz CT molecular complexity index is 1500. The molecule has 3 aromatic carbocycles. The van der Waals surface area contributed by atoms with Crippen molar-refractivity contribution < 1.29 is 28.8 Å². The van der Waals surface area contributed by atoms with E-state index in [0.717, 1.165) is 23.3 Å². The molecule has 0 aliphatic carbocycles. The Labute approximate surface area is 216 Å². The molecular formula is C27H22N4O7. The quantitative estimate of drug-likeness (QED) is 0.210. The van der Waals surface area contributed by atoms with Crippen molar-refractivity contribution in [2.45, 2.75) is 13.8 Å². The van der Waals surface area contributed by atoms with E-state index in [-0.39, 0.29) is 29.3 Å². The molecular weight excluding hydrogens is 492 g/mol. The molecule has 0 saturated carbocycles. The summed E-state index contributed by atoms with van der Waals surface area (Å²) in [6.45, 7) is 3.45. The standard InChI is InChI=1S/C27H22N4O7/c1-16-7-8-17(2)22(13-16)28-24(32)15-38-23-6-4-3-5-18(23)14-21-25(33)29-27(35)30(26(21)34)19-9-11-20(12-10-19)31(36)37/h3-14H,15H2,1-2H3,(H,28,32)(H,29,33,35)/b21-14-. The number of nitro benzene ring substituents is 1. The molecule has 0 aromatic heterocycles. The van der Waals surface area contributed by atoms with Crippen LogP contribution in [0, 0.1) is 24.0 Å². The Hall–Kier alpha value is -5.32. The molecule has 1 saturated heterocycles. The van der Waals surface area contributed by atoms with Gasteiger partial charge in [-0.2, -0.15) is 0 Å². The molecule has 1 aliphatic heterocycles. The minimum absolute atomic E-state index is 0.0455. The fourth-order valence-electron chi connectivity index (χ4n) is 3.70. The minimum Gasteiger partial charge on any atom is -0.483 e. The van der Waals surface area contributed by atoms with E-state index in [1.165, 1.54) is 18.2 Å². The number of amides is 5. The van der Waals surface area contributed by atoms with E-state index >= 15 is 0 Å². The molecule has 1 aliphatic rings. The minimum atomic E-state index is -0.987. The number of hydrogen-bond acceptors (Lipinski definition) is 7. The normalized spacial score (nSPS) is 14.3. The number of anilines is 2. The third-order valence-electron chi connectivity index (χ3n) is 5.67. The number of imide groups is 2. The third-order valence-corrected chi connectivity index (χ3v) is 5.67. The number of rotatable bonds is 7. The van der Waals surface area contributed by atoms with Crippen LogP contribution in [0.1, 0.15) is 16.7 Å². The van der Waals surface area contributed by atoms with Crippen molar-refractivity contribution in [3.63, 3.8) is 0 Å². The van der Waals surface area contributed by atoms with Crippen LogP contribution in [0.2, 0.25) is 0 Å². The number of carbonyl (C=O) groups excluding carboxylic acids is 4. The van der Waals surface area contributed by atoms with Gasteiger partial charge in [0.05, 0.1) is 10.6 Å². The first-order chi connectivity index (χ1) is 18.1. The van der Waals surface area contributed by atoms with Gasteiger partial charge in [0, 0.05) is 23.4 Å². The van der Waals surface area contributed by atoms with Gasteiger partial charge in [0.15, 0.2) is 6.61 Å². The molecule has 4 rings (SSSR count). The van der Waals surface area contributed by atoms with E-state index in [1.807, 2.05) is 32.0 Å². The van der Waals surface area contributed by atoms with Crippen LogP contribution in [0.4, 0.5) is 21.9 Å². The van der Waals surface area contributed by atoms with Crippen LogP contribution in [0.3, 0.4) is 0 Å². The second-order valence-corrected chi connectivity index (χ2v) is 8.42. The maximum Gasteiger partial charge on any atom is 0.335 e. The molecule has 3 aromatic rings. The van der Waals surface area contributed by atoms with Gasteiger partial charge in [-0.05, 0) is 55.3 Å². The highest BCUT2D eigenvalue weighted by Crippen LogP contribution is 2.27. The average Bonchev–Trinajstić information content (AvgIpc) is 2.88. The predicted octanol–water partition coefficient (Wildman–Crippen LogP) is 3.90. The lowest BCUT2D eigenvalue weighted by Gasteiger charge is -2.26. The first kappa shape index (κ1) is 25.8. The number of nitrogens with one attached hydrogen (secondary N) is 2. The summed E-state index contributed by atoms with van der Waals surface area (Å²) < 4.78 is 5.68. The lowest BCUT2D eigenvalue weighted by Crippen LogP contribution is -2.54. The van der Waals surface area contributed by atoms with Gasteiger partial charge in [-0.3, -0.25) is 29.8 Å². The number of nitrogens with zero attached hydrogens (tertiary/aromatic N) is 2. The van der Waals surface area contributed by atoms with E-state index in [1.54, 1.807) is 24.3 Å². The number of aryl methyl sites for hydroxylation is 2. The molecule has 38 heavy (non-hydrogen) atoms.